The first kappa shape index (κ1) is 11.8. The monoisotopic (exact) mass is 220 g/mol. The summed E-state index contributed by atoms with van der Waals surface area (Å²) >= 11 is 0. The number of nitrogens with one attached hydrogen (secondary N) is 2. The molecule has 0 aliphatic heterocycles. The molecule has 1 aromatic rings. The number of amides is 2. The third-order valence-corrected chi connectivity index (χ3v) is 1.73. The van der Waals surface area contributed by atoms with Crippen molar-refractivity contribution in [2.45, 2.75) is 0 Å². The summed E-state index contributed by atoms with van der Waals surface area (Å²) in [4.78, 5) is 22.3. The van der Waals surface area contributed by atoms with Crippen LogP contribution in [0.2, 0.25) is 0 Å². The van der Waals surface area contributed by atoms with Gasteiger partial charge in [0.05, 0.1) is 7.11 Å². The second-order valence-corrected chi connectivity index (χ2v) is 2.92. The van der Waals surface area contributed by atoms with Crippen molar-refractivity contribution < 1.29 is 14.3 Å². The van der Waals surface area contributed by atoms with Gasteiger partial charge in [0.1, 0.15) is 5.70 Å². The molecule has 0 unspecified atom stereocenters. The van der Waals surface area contributed by atoms with Gasteiger partial charge in [0.25, 0.3) is 0 Å². The van der Waals surface area contributed by atoms with Gasteiger partial charge in [-0.25, -0.2) is 9.59 Å². The van der Waals surface area contributed by atoms with Crippen molar-refractivity contribution in [3.8, 4) is 0 Å². The molecule has 84 valence electrons. The van der Waals surface area contributed by atoms with Gasteiger partial charge in [0, 0.05) is 5.69 Å². The number of carbonyl (C=O) groups excluding carboxylic acids is 2. The lowest BCUT2D eigenvalue weighted by molar-refractivity contribution is -0.136. The highest BCUT2D eigenvalue weighted by atomic mass is 16.5. The van der Waals surface area contributed by atoms with Gasteiger partial charge in [-0.05, 0) is 12.1 Å². The second kappa shape index (κ2) is 5.55. The van der Waals surface area contributed by atoms with E-state index in [9.17, 15) is 9.59 Å². The SMILES string of the molecule is C=C(NC(=O)Nc1ccccc1)C(=O)OC. The van der Waals surface area contributed by atoms with E-state index in [1.165, 1.54) is 7.11 Å². The van der Waals surface area contributed by atoms with Gasteiger partial charge in [0.15, 0.2) is 0 Å². The van der Waals surface area contributed by atoms with E-state index in [4.69, 9.17) is 0 Å². The van der Waals surface area contributed by atoms with E-state index in [1.807, 2.05) is 6.07 Å². The number of benzene rings is 1. The largest absolute Gasteiger partial charge is 0.464 e. The molecule has 16 heavy (non-hydrogen) atoms. The Balaban J connectivity index is 2.49. The minimum absolute atomic E-state index is 0.115. The van der Waals surface area contributed by atoms with Crippen LogP contribution >= 0.6 is 0 Å². The minimum Gasteiger partial charge on any atom is -0.464 e. The van der Waals surface area contributed by atoms with Gasteiger partial charge < -0.3 is 15.4 Å². The normalized spacial score (nSPS) is 9.06. The topological polar surface area (TPSA) is 67.4 Å². The molecular weight excluding hydrogens is 208 g/mol. The number of hydrogen-bond acceptors (Lipinski definition) is 3. The molecular formula is C11H12N2O3. The summed E-state index contributed by atoms with van der Waals surface area (Å²) in [5.41, 5.74) is 0.508. The Morgan fingerprint density at radius 3 is 2.44 bits per heavy atom. The van der Waals surface area contributed by atoms with E-state index in [0.717, 1.165) is 0 Å². The summed E-state index contributed by atoms with van der Waals surface area (Å²) in [5.74, 6) is -0.678. The van der Waals surface area contributed by atoms with Crippen molar-refractivity contribution in [1.29, 1.82) is 0 Å². The first-order valence-corrected chi connectivity index (χ1v) is 4.53. The third kappa shape index (κ3) is 3.45. The van der Waals surface area contributed by atoms with Crippen LogP contribution in [0.5, 0.6) is 0 Å². The van der Waals surface area contributed by atoms with Gasteiger partial charge >= 0.3 is 12.0 Å². The van der Waals surface area contributed by atoms with Crippen molar-refractivity contribution in [3.05, 3.63) is 42.6 Å². The quantitative estimate of drug-likeness (QED) is 0.599. The molecule has 0 aliphatic rings. The second-order valence-electron chi connectivity index (χ2n) is 2.92. The van der Waals surface area contributed by atoms with Crippen molar-refractivity contribution in [1.82, 2.24) is 5.32 Å². The predicted molar refractivity (Wildman–Crippen MR) is 59.8 cm³/mol. The van der Waals surface area contributed by atoms with Crippen LogP contribution in [0.15, 0.2) is 42.6 Å². The molecule has 2 N–H and O–H groups in total. The van der Waals surface area contributed by atoms with E-state index in [-0.39, 0.29) is 5.70 Å². The van der Waals surface area contributed by atoms with Gasteiger partial charge in [-0.2, -0.15) is 0 Å². The average Bonchev–Trinajstić information content (AvgIpc) is 2.29. The van der Waals surface area contributed by atoms with E-state index in [1.54, 1.807) is 24.3 Å². The zero-order valence-corrected chi connectivity index (χ0v) is 8.82. The molecule has 1 aromatic carbocycles. The molecule has 2 amide bonds. The van der Waals surface area contributed by atoms with Crippen LogP contribution < -0.4 is 10.6 Å². The van der Waals surface area contributed by atoms with E-state index < -0.39 is 12.0 Å². The van der Waals surface area contributed by atoms with Gasteiger partial charge in [0.2, 0.25) is 0 Å². The fourth-order valence-electron chi connectivity index (χ4n) is 0.995. The maximum atomic E-state index is 11.4. The molecule has 0 fully saturated rings. The highest BCUT2D eigenvalue weighted by Gasteiger charge is 2.09. The molecule has 5 heteroatoms. The van der Waals surface area contributed by atoms with Crippen molar-refractivity contribution in [2.75, 3.05) is 12.4 Å². The van der Waals surface area contributed by atoms with Crippen molar-refractivity contribution >= 4 is 17.7 Å². The number of carbonyl (C=O) groups is 2. The zero-order chi connectivity index (χ0) is 12.0. The molecule has 0 bridgehead atoms. The molecule has 0 aromatic heterocycles. The van der Waals surface area contributed by atoms with Crippen molar-refractivity contribution in [2.24, 2.45) is 0 Å². The first-order chi connectivity index (χ1) is 7.63. The van der Waals surface area contributed by atoms with Crippen LogP contribution in [-0.4, -0.2) is 19.1 Å². The summed E-state index contributed by atoms with van der Waals surface area (Å²) in [7, 11) is 1.21. The molecule has 0 atom stereocenters. The van der Waals surface area contributed by atoms with Crippen LogP contribution in [0.3, 0.4) is 0 Å². The molecule has 1 rings (SSSR count). The number of rotatable bonds is 3. The minimum atomic E-state index is -0.678. The molecule has 0 saturated heterocycles. The third-order valence-electron chi connectivity index (χ3n) is 1.73. The Hall–Kier alpha value is -2.30. The molecule has 0 radical (unpaired) electrons. The maximum absolute atomic E-state index is 11.4. The molecule has 5 nitrogen and oxygen atoms in total. The molecule has 0 spiro atoms. The van der Waals surface area contributed by atoms with Crippen LogP contribution in [-0.2, 0) is 9.53 Å². The Bertz CT molecular complexity index is 401. The number of esters is 1. The number of hydrogen-bond donors (Lipinski definition) is 2. The lowest BCUT2D eigenvalue weighted by Gasteiger charge is -2.07. The number of para-hydroxylation sites is 1. The number of urea groups is 1. The summed E-state index contributed by atoms with van der Waals surface area (Å²) in [6, 6.07) is 8.30. The average molecular weight is 220 g/mol. The van der Waals surface area contributed by atoms with E-state index in [0.29, 0.717) is 5.69 Å². The highest BCUT2D eigenvalue weighted by molar-refractivity contribution is 5.97. The van der Waals surface area contributed by atoms with Crippen LogP contribution in [0, 0.1) is 0 Å². The van der Waals surface area contributed by atoms with Crippen LogP contribution in [0.25, 0.3) is 0 Å². The molecule has 0 saturated carbocycles. The predicted octanol–water partition coefficient (Wildman–Crippen LogP) is 1.49. The highest BCUT2D eigenvalue weighted by Crippen LogP contribution is 2.04. The Labute approximate surface area is 93.1 Å². The maximum Gasteiger partial charge on any atom is 0.353 e. The lowest BCUT2D eigenvalue weighted by Crippen LogP contribution is -2.31. The Kier molecular flexibility index (Phi) is 4.08. The van der Waals surface area contributed by atoms with Gasteiger partial charge in [-0.3, -0.25) is 0 Å². The summed E-state index contributed by atoms with van der Waals surface area (Å²) in [5, 5.41) is 4.79. The zero-order valence-electron chi connectivity index (χ0n) is 8.82. The van der Waals surface area contributed by atoms with E-state index in [2.05, 4.69) is 21.9 Å². The lowest BCUT2D eigenvalue weighted by atomic mass is 10.3. The number of anilines is 1. The fourth-order valence-corrected chi connectivity index (χ4v) is 0.995. The van der Waals surface area contributed by atoms with Crippen LogP contribution in [0.4, 0.5) is 10.5 Å². The Morgan fingerprint density at radius 1 is 1.25 bits per heavy atom. The fraction of sp³-hybridized carbons (Fsp3) is 0.0909. The Morgan fingerprint density at radius 2 is 1.88 bits per heavy atom. The van der Waals surface area contributed by atoms with E-state index >= 15 is 0 Å². The summed E-state index contributed by atoms with van der Waals surface area (Å²) in [6.45, 7) is 3.36. The summed E-state index contributed by atoms with van der Waals surface area (Å²) in [6.07, 6.45) is 0. The number of ether oxygens (including phenoxy) is 1. The molecule has 0 heterocycles. The number of methoxy groups -OCH3 is 1. The molecule has 0 aliphatic carbocycles. The van der Waals surface area contributed by atoms with Gasteiger partial charge in [-0.15, -0.1) is 0 Å². The first-order valence-electron chi connectivity index (χ1n) is 4.53. The smallest absolute Gasteiger partial charge is 0.353 e. The summed E-state index contributed by atoms with van der Waals surface area (Å²) < 4.78 is 4.38. The van der Waals surface area contributed by atoms with Crippen LogP contribution in [0.1, 0.15) is 0 Å². The van der Waals surface area contributed by atoms with Crippen molar-refractivity contribution in [3.63, 3.8) is 0 Å². The standard InChI is InChI=1S/C11H12N2O3/c1-8(10(14)16-2)12-11(15)13-9-6-4-3-5-7-9/h3-7H,1H2,2H3,(H2,12,13,15). The van der Waals surface area contributed by atoms with Gasteiger partial charge in [-0.1, -0.05) is 24.8 Å².